The van der Waals surface area contributed by atoms with Crippen molar-refractivity contribution in [1.82, 2.24) is 14.9 Å². The SMILES string of the molecule is NCCCCNCc1csnn1. The lowest BCUT2D eigenvalue weighted by molar-refractivity contribution is 0.620. The van der Waals surface area contributed by atoms with Crippen LogP contribution in [-0.2, 0) is 6.54 Å². The summed E-state index contributed by atoms with van der Waals surface area (Å²) in [4.78, 5) is 0. The van der Waals surface area contributed by atoms with Crippen LogP contribution >= 0.6 is 11.5 Å². The van der Waals surface area contributed by atoms with Crippen molar-refractivity contribution in [2.45, 2.75) is 19.4 Å². The Morgan fingerprint density at radius 2 is 2.42 bits per heavy atom. The highest BCUT2D eigenvalue weighted by molar-refractivity contribution is 7.03. The van der Waals surface area contributed by atoms with Gasteiger partial charge < -0.3 is 11.1 Å². The lowest BCUT2D eigenvalue weighted by atomic mass is 10.3. The molecule has 0 aliphatic heterocycles. The van der Waals surface area contributed by atoms with E-state index in [1.165, 1.54) is 11.5 Å². The maximum atomic E-state index is 5.36. The molecule has 0 spiro atoms. The van der Waals surface area contributed by atoms with E-state index >= 15 is 0 Å². The van der Waals surface area contributed by atoms with Crippen LogP contribution in [0.25, 0.3) is 0 Å². The first-order valence-corrected chi connectivity index (χ1v) is 4.94. The molecule has 5 heteroatoms. The Morgan fingerprint density at radius 3 is 3.08 bits per heavy atom. The molecule has 0 atom stereocenters. The van der Waals surface area contributed by atoms with Gasteiger partial charge in [-0.05, 0) is 37.5 Å². The molecular formula is C7H14N4S. The van der Waals surface area contributed by atoms with Gasteiger partial charge in [-0.15, -0.1) is 5.10 Å². The maximum Gasteiger partial charge on any atom is 0.0893 e. The zero-order valence-electron chi connectivity index (χ0n) is 6.99. The largest absolute Gasteiger partial charge is 0.330 e. The molecule has 12 heavy (non-hydrogen) atoms. The van der Waals surface area contributed by atoms with Crippen molar-refractivity contribution >= 4 is 11.5 Å². The van der Waals surface area contributed by atoms with Crippen LogP contribution in [0, 0.1) is 0 Å². The van der Waals surface area contributed by atoms with Crippen LogP contribution in [0.15, 0.2) is 5.38 Å². The Balaban J connectivity index is 1.96. The topological polar surface area (TPSA) is 63.8 Å². The summed E-state index contributed by atoms with van der Waals surface area (Å²) in [6, 6.07) is 0. The summed E-state index contributed by atoms with van der Waals surface area (Å²) in [6.07, 6.45) is 2.22. The lowest BCUT2D eigenvalue weighted by Gasteiger charge is -1.99. The monoisotopic (exact) mass is 186 g/mol. The zero-order chi connectivity index (χ0) is 8.65. The molecule has 0 bridgehead atoms. The molecule has 0 aliphatic carbocycles. The summed E-state index contributed by atoms with van der Waals surface area (Å²) in [7, 11) is 0. The van der Waals surface area contributed by atoms with Gasteiger partial charge in [-0.25, -0.2) is 0 Å². The van der Waals surface area contributed by atoms with E-state index < -0.39 is 0 Å². The lowest BCUT2D eigenvalue weighted by Crippen LogP contribution is -2.16. The first-order chi connectivity index (χ1) is 5.93. The molecule has 4 nitrogen and oxygen atoms in total. The number of nitrogens with two attached hydrogens (primary N) is 1. The van der Waals surface area contributed by atoms with Crippen molar-refractivity contribution in [2.75, 3.05) is 13.1 Å². The van der Waals surface area contributed by atoms with E-state index in [1.807, 2.05) is 5.38 Å². The summed E-state index contributed by atoms with van der Waals surface area (Å²) in [5, 5.41) is 9.14. The van der Waals surface area contributed by atoms with Crippen LogP contribution < -0.4 is 11.1 Å². The number of aromatic nitrogens is 2. The Labute approximate surface area is 76.3 Å². The van der Waals surface area contributed by atoms with Crippen molar-refractivity contribution in [2.24, 2.45) is 5.73 Å². The van der Waals surface area contributed by atoms with Gasteiger partial charge in [-0.3, -0.25) is 0 Å². The fourth-order valence-corrected chi connectivity index (χ4v) is 1.32. The predicted octanol–water partition coefficient (Wildman–Crippen LogP) is 0.367. The Bertz CT molecular complexity index is 187. The number of nitrogens with one attached hydrogen (secondary N) is 1. The van der Waals surface area contributed by atoms with E-state index in [-0.39, 0.29) is 0 Å². The summed E-state index contributed by atoms with van der Waals surface area (Å²) in [5.41, 5.74) is 6.38. The van der Waals surface area contributed by atoms with Gasteiger partial charge in [0, 0.05) is 11.9 Å². The summed E-state index contributed by atoms with van der Waals surface area (Å²) in [5.74, 6) is 0. The van der Waals surface area contributed by atoms with Gasteiger partial charge in [0.1, 0.15) is 0 Å². The minimum absolute atomic E-state index is 0.778. The zero-order valence-corrected chi connectivity index (χ0v) is 7.81. The van der Waals surface area contributed by atoms with Crippen LogP contribution in [0.5, 0.6) is 0 Å². The summed E-state index contributed by atoms with van der Waals surface area (Å²) >= 11 is 1.39. The van der Waals surface area contributed by atoms with Crippen molar-refractivity contribution in [3.63, 3.8) is 0 Å². The van der Waals surface area contributed by atoms with E-state index in [0.29, 0.717) is 0 Å². The van der Waals surface area contributed by atoms with E-state index in [0.717, 1.165) is 38.2 Å². The summed E-state index contributed by atoms with van der Waals surface area (Å²) < 4.78 is 3.77. The maximum absolute atomic E-state index is 5.36. The van der Waals surface area contributed by atoms with E-state index in [2.05, 4.69) is 14.9 Å². The molecule has 0 fully saturated rings. The van der Waals surface area contributed by atoms with E-state index in [1.54, 1.807) is 0 Å². The molecule has 1 aromatic heterocycles. The van der Waals surface area contributed by atoms with Gasteiger partial charge in [-0.2, -0.15) is 0 Å². The van der Waals surface area contributed by atoms with Crippen molar-refractivity contribution in [3.8, 4) is 0 Å². The van der Waals surface area contributed by atoms with Gasteiger partial charge in [0.15, 0.2) is 0 Å². The first-order valence-electron chi connectivity index (χ1n) is 4.10. The third kappa shape index (κ3) is 3.75. The molecule has 1 aromatic rings. The number of rotatable bonds is 6. The molecule has 0 saturated carbocycles. The van der Waals surface area contributed by atoms with Gasteiger partial charge in [0.25, 0.3) is 0 Å². The third-order valence-corrected chi connectivity index (χ3v) is 2.07. The number of hydrogen-bond donors (Lipinski definition) is 2. The van der Waals surface area contributed by atoms with Gasteiger partial charge in [0.2, 0.25) is 0 Å². The first kappa shape index (κ1) is 9.57. The molecule has 0 unspecified atom stereocenters. The molecule has 3 N–H and O–H groups in total. The smallest absolute Gasteiger partial charge is 0.0893 e. The van der Waals surface area contributed by atoms with Gasteiger partial charge in [-0.1, -0.05) is 4.49 Å². The standard InChI is InChI=1S/C7H14N4S/c8-3-1-2-4-9-5-7-6-12-11-10-7/h6,9H,1-5,8H2. The molecule has 0 amide bonds. The number of hydrogen-bond acceptors (Lipinski definition) is 5. The minimum Gasteiger partial charge on any atom is -0.330 e. The van der Waals surface area contributed by atoms with Crippen LogP contribution in [0.4, 0.5) is 0 Å². The molecule has 0 radical (unpaired) electrons. The van der Waals surface area contributed by atoms with Crippen molar-refractivity contribution in [1.29, 1.82) is 0 Å². The highest BCUT2D eigenvalue weighted by Gasteiger charge is 1.93. The highest BCUT2D eigenvalue weighted by Crippen LogP contribution is 1.95. The Hall–Kier alpha value is -0.520. The fourth-order valence-electron chi connectivity index (χ4n) is 0.872. The van der Waals surface area contributed by atoms with Crippen molar-refractivity contribution < 1.29 is 0 Å². The molecule has 0 aliphatic rings. The predicted molar refractivity (Wildman–Crippen MR) is 49.9 cm³/mol. The summed E-state index contributed by atoms with van der Waals surface area (Å²) in [6.45, 7) is 2.61. The minimum atomic E-state index is 0.778. The van der Waals surface area contributed by atoms with Crippen LogP contribution in [-0.4, -0.2) is 22.7 Å². The quantitative estimate of drug-likeness (QED) is 0.630. The molecule has 1 rings (SSSR count). The van der Waals surface area contributed by atoms with Crippen LogP contribution in [0.2, 0.25) is 0 Å². The highest BCUT2D eigenvalue weighted by atomic mass is 32.1. The van der Waals surface area contributed by atoms with Gasteiger partial charge >= 0.3 is 0 Å². The normalized spacial score (nSPS) is 10.4. The Morgan fingerprint density at radius 1 is 1.50 bits per heavy atom. The molecule has 0 aromatic carbocycles. The second-order valence-corrected chi connectivity index (χ2v) is 3.18. The van der Waals surface area contributed by atoms with E-state index in [4.69, 9.17) is 5.73 Å². The third-order valence-electron chi connectivity index (χ3n) is 1.52. The van der Waals surface area contributed by atoms with Crippen LogP contribution in [0.1, 0.15) is 18.5 Å². The molecule has 1 heterocycles. The fraction of sp³-hybridized carbons (Fsp3) is 0.714. The second kappa shape index (κ2) is 6.05. The van der Waals surface area contributed by atoms with Gasteiger partial charge in [0.05, 0.1) is 5.69 Å². The molecule has 0 saturated heterocycles. The van der Waals surface area contributed by atoms with E-state index in [9.17, 15) is 0 Å². The molecular weight excluding hydrogens is 172 g/mol. The average Bonchev–Trinajstić information content (AvgIpc) is 2.57. The van der Waals surface area contributed by atoms with Crippen LogP contribution in [0.3, 0.4) is 0 Å². The Kier molecular flexibility index (Phi) is 4.82. The number of nitrogens with zero attached hydrogens (tertiary/aromatic N) is 2. The second-order valence-electron chi connectivity index (χ2n) is 2.57. The van der Waals surface area contributed by atoms with Crippen molar-refractivity contribution in [3.05, 3.63) is 11.1 Å². The number of unbranched alkanes of at least 4 members (excludes halogenated alkanes) is 1. The molecule has 68 valence electrons. The average molecular weight is 186 g/mol.